The van der Waals surface area contributed by atoms with Crippen molar-refractivity contribution in [1.29, 1.82) is 0 Å². The second kappa shape index (κ2) is 13.9. The van der Waals surface area contributed by atoms with Gasteiger partial charge in [-0.3, -0.25) is 0 Å². The summed E-state index contributed by atoms with van der Waals surface area (Å²) < 4.78 is 2.40. The lowest BCUT2D eigenvalue weighted by molar-refractivity contribution is 0.660. The Balaban J connectivity index is 1.05. The number of hydrogen-bond acceptors (Lipinski definition) is 1. The van der Waals surface area contributed by atoms with Crippen LogP contribution >= 0.6 is 0 Å². The number of fused-ring (bicyclic) bond motifs is 6. The van der Waals surface area contributed by atoms with Crippen molar-refractivity contribution >= 4 is 38.9 Å². The van der Waals surface area contributed by atoms with E-state index in [4.69, 9.17) is 0 Å². The van der Waals surface area contributed by atoms with Gasteiger partial charge in [0.05, 0.1) is 11.0 Å². The third-order valence-corrected chi connectivity index (χ3v) is 12.4. The quantitative estimate of drug-likeness (QED) is 0.157. The molecule has 1 aromatic heterocycles. The summed E-state index contributed by atoms with van der Waals surface area (Å²) in [5.41, 5.74) is 19.4. The Labute approximate surface area is 345 Å². The average Bonchev–Trinajstić information content (AvgIpc) is 3.75. The smallest absolute Gasteiger partial charge is 0.0547 e. The van der Waals surface area contributed by atoms with Crippen molar-refractivity contribution < 1.29 is 0 Å². The summed E-state index contributed by atoms with van der Waals surface area (Å²) in [7, 11) is 0. The third-order valence-electron chi connectivity index (χ3n) is 12.4. The molecule has 9 aromatic carbocycles. The predicted molar refractivity (Wildman–Crippen MR) is 249 cm³/mol. The van der Waals surface area contributed by atoms with E-state index in [2.05, 4.69) is 242 Å². The van der Waals surface area contributed by atoms with Gasteiger partial charge in [0.15, 0.2) is 0 Å². The van der Waals surface area contributed by atoms with Crippen LogP contribution in [-0.4, -0.2) is 4.57 Å². The summed E-state index contributed by atoms with van der Waals surface area (Å²) >= 11 is 0. The average molecular weight is 755 g/mol. The molecule has 0 fully saturated rings. The molecule has 0 aliphatic heterocycles. The summed E-state index contributed by atoms with van der Waals surface area (Å²) in [4.78, 5) is 2.42. The highest BCUT2D eigenvalue weighted by molar-refractivity contribution is 6.10. The number of aromatic nitrogens is 1. The van der Waals surface area contributed by atoms with Crippen LogP contribution in [-0.2, 0) is 5.41 Å². The van der Waals surface area contributed by atoms with E-state index in [0.29, 0.717) is 0 Å². The first-order valence-corrected chi connectivity index (χ1v) is 20.5. The predicted octanol–water partition coefficient (Wildman–Crippen LogP) is 15.6. The maximum absolute atomic E-state index is 2.42. The Morgan fingerprint density at radius 2 is 0.881 bits per heavy atom. The number of anilines is 3. The van der Waals surface area contributed by atoms with Gasteiger partial charge in [0.2, 0.25) is 0 Å². The molecular weight excluding hydrogens is 713 g/mol. The van der Waals surface area contributed by atoms with E-state index >= 15 is 0 Å². The molecular formula is C57H42N2. The number of para-hydroxylation sites is 2. The first-order valence-electron chi connectivity index (χ1n) is 20.5. The molecule has 280 valence electrons. The molecule has 1 heterocycles. The van der Waals surface area contributed by atoms with E-state index in [1.54, 1.807) is 0 Å². The lowest BCUT2D eigenvalue weighted by atomic mass is 9.82. The van der Waals surface area contributed by atoms with Gasteiger partial charge in [0, 0.05) is 38.9 Å². The summed E-state index contributed by atoms with van der Waals surface area (Å²) in [6, 6.07) is 79.8. The number of nitrogens with zero attached hydrogens (tertiary/aromatic N) is 2. The van der Waals surface area contributed by atoms with Crippen LogP contribution in [0, 0.1) is 0 Å². The van der Waals surface area contributed by atoms with Crippen molar-refractivity contribution in [3.05, 3.63) is 230 Å². The second-order valence-corrected chi connectivity index (χ2v) is 16.2. The summed E-state index contributed by atoms with van der Waals surface area (Å²) in [5.74, 6) is 0. The maximum atomic E-state index is 2.42. The van der Waals surface area contributed by atoms with Gasteiger partial charge in [-0.05, 0) is 116 Å². The molecule has 11 rings (SSSR count). The highest BCUT2D eigenvalue weighted by atomic mass is 15.1. The number of benzene rings is 9. The van der Waals surface area contributed by atoms with Crippen LogP contribution in [0.5, 0.6) is 0 Å². The van der Waals surface area contributed by atoms with Crippen molar-refractivity contribution in [3.8, 4) is 50.2 Å². The minimum Gasteiger partial charge on any atom is -0.310 e. The second-order valence-electron chi connectivity index (χ2n) is 16.2. The number of hydrogen-bond donors (Lipinski definition) is 0. The van der Waals surface area contributed by atoms with Crippen LogP contribution in [0.25, 0.3) is 72.0 Å². The Morgan fingerprint density at radius 3 is 1.66 bits per heavy atom. The first-order chi connectivity index (χ1) is 29.0. The molecule has 0 bridgehead atoms. The molecule has 0 unspecified atom stereocenters. The zero-order valence-electron chi connectivity index (χ0n) is 33.2. The maximum Gasteiger partial charge on any atom is 0.0547 e. The molecule has 59 heavy (non-hydrogen) atoms. The van der Waals surface area contributed by atoms with E-state index < -0.39 is 0 Å². The molecule has 10 aromatic rings. The first kappa shape index (κ1) is 34.8. The van der Waals surface area contributed by atoms with E-state index in [1.807, 2.05) is 0 Å². The number of rotatable bonds is 7. The molecule has 2 nitrogen and oxygen atoms in total. The van der Waals surface area contributed by atoms with Gasteiger partial charge in [-0.25, -0.2) is 0 Å². The highest BCUT2D eigenvalue weighted by Crippen LogP contribution is 2.51. The van der Waals surface area contributed by atoms with Crippen molar-refractivity contribution in [2.45, 2.75) is 19.3 Å². The molecule has 1 aliphatic carbocycles. The van der Waals surface area contributed by atoms with Crippen LogP contribution in [0.2, 0.25) is 0 Å². The molecule has 1 aliphatic rings. The standard InChI is InChI=1S/C57H42N2/c1-57(2)53-26-13-11-24-49(53)50-35-33-46(38-54(50)57)58(44-31-28-40(29-32-44)39-16-5-3-6-17-39)45-21-15-18-41(36-45)47-22-9-10-23-48(47)42-30-34-52-51-25-12-14-27-55(51)59(56(52)37-42)43-19-7-4-8-20-43/h3-38H,1-2H3. The largest absolute Gasteiger partial charge is 0.310 e. The molecule has 0 atom stereocenters. The van der Waals surface area contributed by atoms with Gasteiger partial charge in [-0.2, -0.15) is 0 Å². The van der Waals surface area contributed by atoms with E-state index in [0.717, 1.165) is 22.7 Å². The minimum atomic E-state index is -0.112. The van der Waals surface area contributed by atoms with Crippen molar-refractivity contribution in [2.24, 2.45) is 0 Å². The zero-order valence-corrected chi connectivity index (χ0v) is 33.2. The van der Waals surface area contributed by atoms with Crippen molar-refractivity contribution in [2.75, 3.05) is 4.90 Å². The Kier molecular flexibility index (Phi) is 8.20. The lowest BCUT2D eigenvalue weighted by Gasteiger charge is -2.28. The van der Waals surface area contributed by atoms with Crippen LogP contribution in [0.15, 0.2) is 218 Å². The topological polar surface area (TPSA) is 8.17 Å². The van der Waals surface area contributed by atoms with Gasteiger partial charge in [-0.15, -0.1) is 0 Å². The Bertz CT molecular complexity index is 3170. The molecule has 0 saturated heterocycles. The molecule has 0 spiro atoms. The van der Waals surface area contributed by atoms with Gasteiger partial charge < -0.3 is 9.47 Å². The third kappa shape index (κ3) is 5.79. The van der Waals surface area contributed by atoms with Crippen LogP contribution < -0.4 is 4.90 Å². The molecule has 0 radical (unpaired) electrons. The SMILES string of the molecule is CC1(C)c2ccccc2-c2ccc(N(c3ccc(-c4ccccc4)cc3)c3cccc(-c4ccccc4-c4ccc5c6ccccc6n(-c6ccccc6)c5c4)c3)cc21. The normalized spacial score (nSPS) is 12.7. The van der Waals surface area contributed by atoms with Crippen LogP contribution in [0.1, 0.15) is 25.0 Å². The van der Waals surface area contributed by atoms with Crippen molar-refractivity contribution in [3.63, 3.8) is 0 Å². The van der Waals surface area contributed by atoms with E-state index in [-0.39, 0.29) is 5.41 Å². The molecule has 0 saturated carbocycles. The summed E-state index contributed by atoms with van der Waals surface area (Å²) in [6.45, 7) is 4.71. The van der Waals surface area contributed by atoms with Crippen LogP contribution in [0.4, 0.5) is 17.1 Å². The molecule has 0 N–H and O–H groups in total. The molecule has 0 amide bonds. The minimum absolute atomic E-state index is 0.112. The fraction of sp³-hybridized carbons (Fsp3) is 0.0526. The van der Waals surface area contributed by atoms with Gasteiger partial charge in [0.1, 0.15) is 0 Å². The monoisotopic (exact) mass is 754 g/mol. The Hall–Kier alpha value is -7.42. The fourth-order valence-corrected chi connectivity index (χ4v) is 9.50. The Morgan fingerprint density at radius 1 is 0.339 bits per heavy atom. The van der Waals surface area contributed by atoms with E-state index in [9.17, 15) is 0 Å². The molecule has 2 heteroatoms. The van der Waals surface area contributed by atoms with Gasteiger partial charge >= 0.3 is 0 Å². The fourth-order valence-electron chi connectivity index (χ4n) is 9.50. The highest BCUT2D eigenvalue weighted by Gasteiger charge is 2.35. The van der Waals surface area contributed by atoms with E-state index in [1.165, 1.54) is 77.4 Å². The zero-order chi connectivity index (χ0) is 39.5. The van der Waals surface area contributed by atoms with Crippen LogP contribution in [0.3, 0.4) is 0 Å². The summed E-state index contributed by atoms with van der Waals surface area (Å²) in [6.07, 6.45) is 0. The lowest BCUT2D eigenvalue weighted by Crippen LogP contribution is -2.16. The van der Waals surface area contributed by atoms with Crippen molar-refractivity contribution in [1.82, 2.24) is 4.57 Å². The summed E-state index contributed by atoms with van der Waals surface area (Å²) in [5, 5.41) is 2.51. The van der Waals surface area contributed by atoms with Gasteiger partial charge in [0.25, 0.3) is 0 Å². The van der Waals surface area contributed by atoms with Gasteiger partial charge in [-0.1, -0.05) is 172 Å².